The first-order valence-corrected chi connectivity index (χ1v) is 5.33. The Bertz CT molecular complexity index is 411. The zero-order valence-corrected chi connectivity index (χ0v) is 10.1. The van der Waals surface area contributed by atoms with Crippen LogP contribution in [0.1, 0.15) is 23.7 Å². The fourth-order valence-electron chi connectivity index (χ4n) is 1.34. The zero-order chi connectivity index (χ0) is 13.7. The molecule has 1 aromatic rings. The number of rotatable bonds is 6. The first-order valence-electron chi connectivity index (χ1n) is 5.33. The van der Waals surface area contributed by atoms with Gasteiger partial charge in [0, 0.05) is 20.1 Å². The number of hydrogen-bond donors (Lipinski definition) is 1. The number of aromatic carboxylic acids is 1. The number of benzene rings is 1. The second kappa shape index (κ2) is 6.30. The van der Waals surface area contributed by atoms with Crippen LogP contribution in [-0.2, 0) is 4.74 Å². The second-order valence-electron chi connectivity index (χ2n) is 3.78. The predicted molar refractivity (Wildman–Crippen MR) is 59.9 cm³/mol. The number of halogens is 2. The molecule has 1 unspecified atom stereocenters. The van der Waals surface area contributed by atoms with Crippen molar-refractivity contribution < 1.29 is 28.2 Å². The van der Waals surface area contributed by atoms with Gasteiger partial charge in [-0.15, -0.1) is 0 Å². The lowest BCUT2D eigenvalue weighted by atomic mass is 10.2. The summed E-state index contributed by atoms with van der Waals surface area (Å²) in [5, 5.41) is 8.63. The van der Waals surface area contributed by atoms with Crippen LogP contribution in [0, 0.1) is 11.6 Å². The Kier molecular flexibility index (Phi) is 5.03. The van der Waals surface area contributed by atoms with Crippen LogP contribution >= 0.6 is 0 Å². The van der Waals surface area contributed by atoms with Gasteiger partial charge in [0.1, 0.15) is 0 Å². The van der Waals surface area contributed by atoms with E-state index in [0.717, 1.165) is 12.1 Å². The summed E-state index contributed by atoms with van der Waals surface area (Å²) < 4.78 is 36.9. The summed E-state index contributed by atoms with van der Waals surface area (Å²) in [6, 6.07) is 1.45. The summed E-state index contributed by atoms with van der Waals surface area (Å²) in [5.74, 6) is -4.02. The maximum atomic E-state index is 13.5. The van der Waals surface area contributed by atoms with E-state index in [0.29, 0.717) is 13.0 Å². The summed E-state index contributed by atoms with van der Waals surface area (Å²) in [6.07, 6.45) is 0.0282. The Morgan fingerprint density at radius 2 is 1.94 bits per heavy atom. The van der Waals surface area contributed by atoms with E-state index in [1.165, 1.54) is 7.11 Å². The van der Waals surface area contributed by atoms with E-state index >= 15 is 0 Å². The molecule has 4 nitrogen and oxygen atoms in total. The minimum Gasteiger partial charge on any atom is -0.485 e. The molecular weight excluding hydrogens is 246 g/mol. The SMILES string of the molecule is COCCC(C)Oc1c(F)cc(C(=O)O)cc1F. The number of ether oxygens (including phenoxy) is 2. The van der Waals surface area contributed by atoms with E-state index in [2.05, 4.69) is 0 Å². The standard InChI is InChI=1S/C12H14F2O4/c1-7(3-4-17-2)18-11-9(13)5-8(12(15)16)6-10(11)14/h5-7H,3-4H2,1-2H3,(H,15,16). The second-order valence-corrected chi connectivity index (χ2v) is 3.78. The van der Waals surface area contributed by atoms with E-state index in [1.807, 2.05) is 0 Å². The highest BCUT2D eigenvalue weighted by Crippen LogP contribution is 2.25. The van der Waals surface area contributed by atoms with Gasteiger partial charge in [-0.25, -0.2) is 13.6 Å². The molecule has 1 aromatic carbocycles. The maximum absolute atomic E-state index is 13.5. The molecule has 1 atom stereocenters. The highest BCUT2D eigenvalue weighted by atomic mass is 19.1. The lowest BCUT2D eigenvalue weighted by Crippen LogP contribution is -2.16. The molecule has 18 heavy (non-hydrogen) atoms. The van der Waals surface area contributed by atoms with Crippen LogP contribution in [0.4, 0.5) is 8.78 Å². The Labute approximate surface area is 103 Å². The van der Waals surface area contributed by atoms with Crippen LogP contribution in [0.2, 0.25) is 0 Å². The maximum Gasteiger partial charge on any atom is 0.335 e. The van der Waals surface area contributed by atoms with Gasteiger partial charge in [-0.2, -0.15) is 0 Å². The van der Waals surface area contributed by atoms with Crippen LogP contribution in [0.25, 0.3) is 0 Å². The van der Waals surface area contributed by atoms with Crippen molar-refractivity contribution in [2.24, 2.45) is 0 Å². The summed E-state index contributed by atoms with van der Waals surface area (Å²) in [5.41, 5.74) is -0.457. The number of carboxylic acids is 1. The summed E-state index contributed by atoms with van der Waals surface area (Å²) in [4.78, 5) is 10.6. The topological polar surface area (TPSA) is 55.8 Å². The van der Waals surface area contributed by atoms with Crippen molar-refractivity contribution in [2.75, 3.05) is 13.7 Å². The molecule has 0 heterocycles. The minimum atomic E-state index is -1.40. The van der Waals surface area contributed by atoms with E-state index in [4.69, 9.17) is 14.6 Å². The highest BCUT2D eigenvalue weighted by molar-refractivity contribution is 5.87. The normalized spacial score (nSPS) is 12.2. The zero-order valence-electron chi connectivity index (χ0n) is 10.1. The van der Waals surface area contributed by atoms with Gasteiger partial charge in [0.05, 0.1) is 11.7 Å². The minimum absolute atomic E-state index is 0.400. The van der Waals surface area contributed by atoms with Crippen molar-refractivity contribution in [3.8, 4) is 5.75 Å². The van der Waals surface area contributed by atoms with Crippen molar-refractivity contribution in [3.05, 3.63) is 29.3 Å². The van der Waals surface area contributed by atoms with Gasteiger partial charge < -0.3 is 14.6 Å². The molecule has 0 aliphatic rings. The van der Waals surface area contributed by atoms with Gasteiger partial charge in [0.25, 0.3) is 0 Å². The monoisotopic (exact) mass is 260 g/mol. The van der Waals surface area contributed by atoms with Crippen LogP contribution in [0.5, 0.6) is 5.75 Å². The number of hydrogen-bond acceptors (Lipinski definition) is 3. The van der Waals surface area contributed by atoms with Gasteiger partial charge in [-0.05, 0) is 19.1 Å². The van der Waals surface area contributed by atoms with Gasteiger partial charge in [-0.1, -0.05) is 0 Å². The van der Waals surface area contributed by atoms with Crippen molar-refractivity contribution in [1.82, 2.24) is 0 Å². The molecular formula is C12H14F2O4. The average molecular weight is 260 g/mol. The first kappa shape index (κ1) is 14.4. The van der Waals surface area contributed by atoms with E-state index in [-0.39, 0.29) is 0 Å². The first-order chi connectivity index (χ1) is 8.45. The molecule has 0 aliphatic heterocycles. The molecule has 0 fully saturated rings. The van der Waals surface area contributed by atoms with Crippen molar-refractivity contribution in [3.63, 3.8) is 0 Å². The third-order valence-corrected chi connectivity index (χ3v) is 2.29. The molecule has 0 bridgehead atoms. The van der Waals surface area contributed by atoms with E-state index in [9.17, 15) is 13.6 Å². The average Bonchev–Trinajstić information content (AvgIpc) is 2.30. The molecule has 1 N–H and O–H groups in total. The van der Waals surface area contributed by atoms with Gasteiger partial charge in [0.15, 0.2) is 17.4 Å². The molecule has 0 amide bonds. The molecule has 0 radical (unpaired) electrons. The van der Waals surface area contributed by atoms with Crippen LogP contribution in [-0.4, -0.2) is 30.9 Å². The predicted octanol–water partition coefficient (Wildman–Crippen LogP) is 2.47. The lowest BCUT2D eigenvalue weighted by Gasteiger charge is -2.15. The van der Waals surface area contributed by atoms with Crippen LogP contribution < -0.4 is 4.74 Å². The molecule has 0 spiro atoms. The van der Waals surface area contributed by atoms with Gasteiger partial charge >= 0.3 is 5.97 Å². The Hall–Kier alpha value is -1.69. The van der Waals surface area contributed by atoms with Gasteiger partial charge in [0.2, 0.25) is 0 Å². The molecule has 0 saturated heterocycles. The quantitative estimate of drug-likeness (QED) is 0.853. The molecule has 100 valence electrons. The van der Waals surface area contributed by atoms with Crippen LogP contribution in [0.3, 0.4) is 0 Å². The molecule has 0 aliphatic carbocycles. The smallest absolute Gasteiger partial charge is 0.335 e. The van der Waals surface area contributed by atoms with Crippen molar-refractivity contribution >= 4 is 5.97 Å². The molecule has 0 aromatic heterocycles. The third kappa shape index (κ3) is 3.66. The summed E-state index contributed by atoms with van der Waals surface area (Å²) in [7, 11) is 1.51. The largest absolute Gasteiger partial charge is 0.485 e. The summed E-state index contributed by atoms with van der Waals surface area (Å²) in [6.45, 7) is 2.04. The van der Waals surface area contributed by atoms with E-state index < -0.39 is 35.0 Å². The number of methoxy groups -OCH3 is 1. The van der Waals surface area contributed by atoms with Gasteiger partial charge in [-0.3, -0.25) is 0 Å². The number of carboxylic acid groups (broad SMARTS) is 1. The van der Waals surface area contributed by atoms with Crippen LogP contribution in [0.15, 0.2) is 12.1 Å². The lowest BCUT2D eigenvalue weighted by molar-refractivity contribution is 0.0695. The summed E-state index contributed by atoms with van der Waals surface area (Å²) >= 11 is 0. The van der Waals surface area contributed by atoms with Crippen molar-refractivity contribution in [1.29, 1.82) is 0 Å². The molecule has 1 rings (SSSR count). The highest BCUT2D eigenvalue weighted by Gasteiger charge is 2.17. The molecule has 0 saturated carbocycles. The third-order valence-electron chi connectivity index (χ3n) is 2.29. The number of carbonyl (C=O) groups is 1. The Morgan fingerprint density at radius 3 is 2.39 bits per heavy atom. The Morgan fingerprint density at radius 1 is 1.39 bits per heavy atom. The molecule has 6 heteroatoms. The van der Waals surface area contributed by atoms with E-state index in [1.54, 1.807) is 6.92 Å². The van der Waals surface area contributed by atoms with Crippen molar-refractivity contribution in [2.45, 2.75) is 19.4 Å². The Balaban J connectivity index is 2.86. The fourth-order valence-corrected chi connectivity index (χ4v) is 1.34. The fraction of sp³-hybridized carbons (Fsp3) is 0.417.